The summed E-state index contributed by atoms with van der Waals surface area (Å²) >= 11 is 0. The maximum Gasteiger partial charge on any atom is 0.123 e. The third kappa shape index (κ3) is 1.92. The molecule has 10 unspecified atom stereocenters. The molecule has 0 aliphatic heterocycles. The molecule has 20 rings (SSSR count). The van der Waals surface area contributed by atoms with Crippen molar-refractivity contribution in [2.24, 2.45) is 29.6 Å². The largest absolute Gasteiger partial charge is 0.207 e. The molecule has 14 aliphatic rings. The average molecular weight is 703 g/mol. The van der Waals surface area contributed by atoms with Crippen molar-refractivity contribution >= 4 is 54.6 Å². The summed E-state index contributed by atoms with van der Waals surface area (Å²) in [6.45, 7) is 0. The molecule has 254 valence electrons. The van der Waals surface area contributed by atoms with Crippen molar-refractivity contribution in [2.75, 3.05) is 0 Å². The number of hydrogen-bond donors (Lipinski definition) is 0. The second-order valence-corrected chi connectivity index (χ2v) is 20.6. The highest BCUT2D eigenvalue weighted by Crippen LogP contribution is 2.88. The van der Waals surface area contributed by atoms with Crippen LogP contribution in [0.25, 0.3) is 54.6 Å². The van der Waals surface area contributed by atoms with Gasteiger partial charge >= 0.3 is 0 Å². The molecule has 2 fully saturated rings. The van der Waals surface area contributed by atoms with E-state index in [2.05, 4.69) is 36.4 Å². The molecule has 0 radical (unpaired) electrons. The molecule has 2 saturated carbocycles. The Hall–Kier alpha value is -5.08. The molecule has 0 saturated heterocycles. The van der Waals surface area contributed by atoms with Crippen LogP contribution in [0.4, 0.5) is 8.78 Å². The summed E-state index contributed by atoms with van der Waals surface area (Å²) in [6.07, 6.45) is 14.4. The molecule has 0 bridgehead atoms. The summed E-state index contributed by atoms with van der Waals surface area (Å²) < 4.78 is 30.3. The Morgan fingerprint density at radius 3 is 1.40 bits per heavy atom. The predicted molar refractivity (Wildman–Crippen MR) is 209 cm³/mol. The van der Waals surface area contributed by atoms with Crippen LogP contribution in [0.3, 0.4) is 0 Å². The molecule has 0 aromatic heterocycles. The fourth-order valence-electron chi connectivity index (χ4n) is 19.2. The van der Waals surface area contributed by atoms with Crippen molar-refractivity contribution in [3.8, 4) is 0 Å². The first-order chi connectivity index (χ1) is 27.1. The average Bonchev–Trinajstić information content (AvgIpc) is 3.46. The van der Waals surface area contributed by atoms with Gasteiger partial charge in [0, 0.05) is 34.5 Å². The predicted octanol–water partition coefficient (Wildman–Crippen LogP) is 11.7. The minimum atomic E-state index is -0.0899. The van der Waals surface area contributed by atoms with Crippen LogP contribution in [0.5, 0.6) is 0 Å². The Morgan fingerprint density at radius 1 is 0.473 bits per heavy atom. The van der Waals surface area contributed by atoms with E-state index in [0.29, 0.717) is 59.2 Å². The second kappa shape index (κ2) is 6.66. The summed E-state index contributed by atoms with van der Waals surface area (Å²) in [4.78, 5) is 0. The molecule has 2 spiro atoms. The van der Waals surface area contributed by atoms with E-state index >= 15 is 8.78 Å². The van der Waals surface area contributed by atoms with E-state index in [1.54, 1.807) is 134 Å². The molecule has 10 atom stereocenters. The highest BCUT2D eigenvalue weighted by atomic mass is 19.1. The third-order valence-corrected chi connectivity index (χ3v) is 19.7. The molecule has 0 heterocycles. The van der Waals surface area contributed by atoms with Crippen LogP contribution in [-0.2, 0) is 10.8 Å². The van der Waals surface area contributed by atoms with Crippen LogP contribution < -0.4 is 0 Å². The van der Waals surface area contributed by atoms with Crippen LogP contribution in [0.15, 0.2) is 72.8 Å². The zero-order valence-corrected chi connectivity index (χ0v) is 29.6. The van der Waals surface area contributed by atoms with Crippen LogP contribution in [0.2, 0.25) is 0 Å². The fourth-order valence-corrected chi connectivity index (χ4v) is 19.2. The van der Waals surface area contributed by atoms with Crippen LogP contribution in [-0.4, -0.2) is 0 Å². The lowest BCUT2D eigenvalue weighted by Gasteiger charge is -2.38. The van der Waals surface area contributed by atoms with Gasteiger partial charge in [0.15, 0.2) is 0 Å². The third-order valence-electron chi connectivity index (χ3n) is 19.7. The summed E-state index contributed by atoms with van der Waals surface area (Å²) in [7, 11) is 0. The van der Waals surface area contributed by atoms with Crippen molar-refractivity contribution in [1.82, 2.24) is 0 Å². The minimum Gasteiger partial charge on any atom is -0.207 e. The maximum absolute atomic E-state index is 15.2. The van der Waals surface area contributed by atoms with E-state index in [9.17, 15) is 0 Å². The normalized spacial score (nSPS) is 40.2. The number of halogens is 2. The molecular weight excluding hydrogens is 675 g/mol. The van der Waals surface area contributed by atoms with Gasteiger partial charge in [0.1, 0.15) is 11.6 Å². The Bertz CT molecular complexity index is 3280. The van der Waals surface area contributed by atoms with E-state index in [4.69, 9.17) is 0 Å². The summed E-state index contributed by atoms with van der Waals surface area (Å²) in [6, 6.07) is 15.5. The minimum absolute atomic E-state index is 0.0573. The lowest BCUT2D eigenvalue weighted by atomic mass is 9.64. The van der Waals surface area contributed by atoms with Crippen molar-refractivity contribution in [3.05, 3.63) is 162 Å². The van der Waals surface area contributed by atoms with Gasteiger partial charge in [-0.3, -0.25) is 0 Å². The van der Waals surface area contributed by atoms with Gasteiger partial charge in [0.05, 0.1) is 0 Å². The molecule has 6 aromatic carbocycles. The molecule has 0 nitrogen and oxygen atoms in total. The molecule has 0 N–H and O–H groups in total. The van der Waals surface area contributed by atoms with Gasteiger partial charge in [-0.15, -0.1) is 0 Å². The maximum atomic E-state index is 15.2. The first-order valence-corrected chi connectivity index (χ1v) is 21.2. The van der Waals surface area contributed by atoms with E-state index in [1.807, 2.05) is 24.3 Å². The smallest absolute Gasteiger partial charge is 0.123 e. The van der Waals surface area contributed by atoms with Gasteiger partial charge in [-0.2, -0.15) is 0 Å². The van der Waals surface area contributed by atoms with Gasteiger partial charge in [-0.25, -0.2) is 8.78 Å². The van der Waals surface area contributed by atoms with Crippen molar-refractivity contribution in [3.63, 3.8) is 0 Å². The molecular formula is C53H28F2. The molecule has 6 aromatic rings. The van der Waals surface area contributed by atoms with Gasteiger partial charge in [0.25, 0.3) is 0 Å². The van der Waals surface area contributed by atoms with E-state index < -0.39 is 0 Å². The van der Waals surface area contributed by atoms with Crippen LogP contribution >= 0.6 is 0 Å². The summed E-state index contributed by atoms with van der Waals surface area (Å²) in [5.74, 6) is 4.05. The highest BCUT2D eigenvalue weighted by Gasteiger charge is 2.79. The zero-order chi connectivity index (χ0) is 34.4. The second-order valence-electron chi connectivity index (χ2n) is 20.6. The Kier molecular flexibility index (Phi) is 3.04. The Labute approximate surface area is 313 Å². The number of allylic oxidation sites excluding steroid dienone is 8. The van der Waals surface area contributed by atoms with Crippen LogP contribution in [0, 0.1) is 41.2 Å². The lowest BCUT2D eigenvalue weighted by Crippen LogP contribution is -2.29. The number of hydrogen-bond acceptors (Lipinski definition) is 0. The Balaban J connectivity index is 1.04. The Morgan fingerprint density at radius 2 is 0.927 bits per heavy atom. The quantitative estimate of drug-likeness (QED) is 0.158. The number of benzene rings is 6. The van der Waals surface area contributed by atoms with Crippen molar-refractivity contribution in [1.29, 1.82) is 0 Å². The number of fused-ring (bicyclic) bond motifs is 2. The zero-order valence-electron chi connectivity index (χ0n) is 29.6. The van der Waals surface area contributed by atoms with Gasteiger partial charge in [-0.1, -0.05) is 48.6 Å². The van der Waals surface area contributed by atoms with Crippen molar-refractivity contribution < 1.29 is 8.78 Å². The molecule has 2 heteroatoms. The van der Waals surface area contributed by atoms with Gasteiger partial charge in [-0.05, 0) is 212 Å². The van der Waals surface area contributed by atoms with E-state index in [-0.39, 0.29) is 22.5 Å². The van der Waals surface area contributed by atoms with E-state index in [1.165, 1.54) is 11.1 Å². The lowest BCUT2D eigenvalue weighted by molar-refractivity contribution is 0.422. The summed E-state index contributed by atoms with van der Waals surface area (Å²) in [5.41, 5.74) is 29.3. The van der Waals surface area contributed by atoms with Crippen molar-refractivity contribution in [2.45, 2.75) is 59.7 Å². The molecule has 55 heavy (non-hydrogen) atoms. The first kappa shape index (κ1) is 25.2. The van der Waals surface area contributed by atoms with Gasteiger partial charge < -0.3 is 0 Å². The van der Waals surface area contributed by atoms with Gasteiger partial charge in [0.2, 0.25) is 0 Å². The monoisotopic (exact) mass is 702 g/mol. The molecule has 14 aliphatic carbocycles. The first-order valence-electron chi connectivity index (χ1n) is 21.2. The fraction of sp³-hybridized carbons (Fsp3) is 0.283. The standard InChI is InChI=1S/C53H28F2/c54-23-5-1-3-16(10-23)46-48-25-12-19-7-20-13-26-33-37-28(20)27(19)36-32(25)44-42-38-34-29-18(8-21-14-52(46,48)50(44)30(21)34)9-22-15-53(47(49(26)53)17-4-2-6-24(55)11-17)51-31(22)35(29)39(38)43(45(33)51)41(37)40(36)42/h1-6,8-13,18,25-26,29,32-33,46-49H,7,14-15H2. The summed E-state index contributed by atoms with van der Waals surface area (Å²) in [5, 5.41) is 10.0. The van der Waals surface area contributed by atoms with Crippen LogP contribution in [0.1, 0.15) is 127 Å². The SMILES string of the molecule is Fc1cccc(C2C3C4C=C5CC6=CC7C8c9c%10c%11c%12c%13c%14c%15c%16c(c%17c%14c%14c(c5c6c8c%14c9%13)C%174)C23CC%16=CC(C=C%11CC%102C(c3cccc(F)c3)C72)C%15%12)c1. The topological polar surface area (TPSA) is 0 Å². The molecule has 0 amide bonds. The number of rotatable bonds is 2. The van der Waals surface area contributed by atoms with E-state index in [0.717, 1.165) is 19.3 Å². The highest BCUT2D eigenvalue weighted by molar-refractivity contribution is 6.38.